The zero-order valence-corrected chi connectivity index (χ0v) is 25.6. The van der Waals surface area contributed by atoms with E-state index in [0.717, 1.165) is 29.8 Å². The summed E-state index contributed by atoms with van der Waals surface area (Å²) < 4.78 is 102. The number of anilines is 1. The predicted octanol–water partition coefficient (Wildman–Crippen LogP) is 9.11. The van der Waals surface area contributed by atoms with E-state index < -0.39 is 47.7 Å². The van der Waals surface area contributed by atoms with Crippen LogP contribution in [0.5, 0.6) is 11.5 Å². The van der Waals surface area contributed by atoms with E-state index in [4.69, 9.17) is 11.6 Å². The number of urea groups is 1. The molecule has 1 heterocycles. The van der Waals surface area contributed by atoms with Crippen LogP contribution in [0.1, 0.15) is 22.4 Å². The van der Waals surface area contributed by atoms with Crippen molar-refractivity contribution >= 4 is 45.9 Å². The van der Waals surface area contributed by atoms with Gasteiger partial charge in [-0.1, -0.05) is 82.7 Å². The fourth-order valence-electron chi connectivity index (χ4n) is 4.36. The molecular formula is C30H22ClF7IN3O3. The summed E-state index contributed by atoms with van der Waals surface area (Å²) >= 11 is 7.96. The topological polar surface area (TPSA) is 72.5 Å². The number of nitrogens with one attached hydrogen (secondary N) is 2. The Morgan fingerprint density at radius 1 is 0.889 bits per heavy atom. The second kappa shape index (κ2) is 14.1. The third-order valence-corrected chi connectivity index (χ3v) is 7.42. The second-order valence-corrected chi connectivity index (χ2v) is 10.7. The third-order valence-electron chi connectivity index (χ3n) is 6.31. The molecule has 0 aliphatic carbocycles. The van der Waals surface area contributed by atoms with E-state index in [-0.39, 0.29) is 22.7 Å². The molecule has 3 aromatic carbocycles. The molecule has 2 amide bonds. The molecule has 238 valence electrons. The number of carbonyl (C=O) groups is 1. The lowest BCUT2D eigenvalue weighted by Gasteiger charge is -2.36. The van der Waals surface area contributed by atoms with E-state index in [1.165, 1.54) is 24.4 Å². The van der Waals surface area contributed by atoms with Crippen molar-refractivity contribution in [3.05, 3.63) is 119 Å². The Hall–Kier alpha value is -3.79. The van der Waals surface area contributed by atoms with Crippen molar-refractivity contribution in [2.24, 2.45) is 0 Å². The van der Waals surface area contributed by atoms with Crippen LogP contribution in [-0.4, -0.2) is 29.9 Å². The first-order valence-corrected chi connectivity index (χ1v) is 14.8. The van der Waals surface area contributed by atoms with Gasteiger partial charge >= 0.3 is 24.9 Å². The van der Waals surface area contributed by atoms with Gasteiger partial charge in [0.1, 0.15) is 11.3 Å². The molecule has 0 aliphatic rings. The second-order valence-electron chi connectivity index (χ2n) is 9.51. The van der Waals surface area contributed by atoms with Crippen molar-refractivity contribution in [3.8, 4) is 11.5 Å². The predicted molar refractivity (Wildman–Crippen MR) is 161 cm³/mol. The lowest BCUT2D eigenvalue weighted by Crippen LogP contribution is -2.50. The van der Waals surface area contributed by atoms with Gasteiger partial charge in [0.15, 0.2) is 5.75 Å². The fraction of sp³-hybridized carbons (Fsp3) is 0.200. The molecule has 1 atom stereocenters. The summed E-state index contributed by atoms with van der Waals surface area (Å²) in [7, 11) is 0. The Labute approximate surface area is 271 Å². The number of ether oxygens (including phenoxy) is 2. The minimum atomic E-state index is -5.11. The SMILES string of the molecule is O=C(Nc1ccc(Cl)cc1OC(F)(F)F)N[C@@](Cc1ccccc1)(c1cccc(OC(F)(F)C(F)F)c1)c1ccc(CI)cn1. The number of alkyl halides is 8. The zero-order chi connectivity index (χ0) is 32.8. The van der Waals surface area contributed by atoms with Gasteiger partial charge < -0.3 is 20.1 Å². The number of aromatic nitrogens is 1. The maximum atomic E-state index is 13.9. The third kappa shape index (κ3) is 8.90. The van der Waals surface area contributed by atoms with Gasteiger partial charge in [0.2, 0.25) is 0 Å². The average molecular weight is 768 g/mol. The van der Waals surface area contributed by atoms with Gasteiger partial charge in [0.05, 0.1) is 11.4 Å². The van der Waals surface area contributed by atoms with E-state index in [9.17, 15) is 35.5 Å². The van der Waals surface area contributed by atoms with Gasteiger partial charge in [-0.15, -0.1) is 13.2 Å². The molecule has 0 fully saturated rings. The van der Waals surface area contributed by atoms with E-state index in [1.807, 2.05) is 0 Å². The molecule has 0 radical (unpaired) electrons. The molecule has 1 aromatic heterocycles. The van der Waals surface area contributed by atoms with Crippen LogP contribution in [-0.2, 0) is 16.4 Å². The van der Waals surface area contributed by atoms with E-state index in [1.54, 1.807) is 42.5 Å². The van der Waals surface area contributed by atoms with Crippen molar-refractivity contribution < 1.29 is 45.0 Å². The Balaban J connectivity index is 1.85. The van der Waals surface area contributed by atoms with Gasteiger partial charge in [-0.05, 0) is 47.0 Å². The normalized spacial score (nSPS) is 13.2. The molecule has 0 spiro atoms. The quantitative estimate of drug-likeness (QED) is 0.0908. The highest BCUT2D eigenvalue weighted by Crippen LogP contribution is 2.37. The molecule has 0 bridgehead atoms. The van der Waals surface area contributed by atoms with Gasteiger partial charge in [0.25, 0.3) is 0 Å². The standard InChI is InChI=1S/C30H22ClF7IN3O3/c31-21-10-11-23(24(14-21)45-30(36,37)38)41-27(43)42-28(15-18-5-2-1-3-6-18,25-12-9-19(16-39)17-40-25)20-7-4-8-22(13-20)44-29(34,35)26(32)33/h1-14,17,26H,15-16H2,(H2,41,42,43)/t28-/m0/s1. The lowest BCUT2D eigenvalue weighted by atomic mass is 9.80. The molecular weight excluding hydrogens is 746 g/mol. The molecule has 15 heteroatoms. The van der Waals surface area contributed by atoms with Crippen LogP contribution >= 0.6 is 34.2 Å². The Morgan fingerprint density at radius 2 is 1.62 bits per heavy atom. The summed E-state index contributed by atoms with van der Waals surface area (Å²) in [6.07, 6.45) is -12.6. The number of hydrogen-bond acceptors (Lipinski definition) is 4. The van der Waals surface area contributed by atoms with Gasteiger partial charge in [-0.2, -0.15) is 17.6 Å². The molecule has 0 saturated heterocycles. The van der Waals surface area contributed by atoms with Crippen LogP contribution in [0.3, 0.4) is 0 Å². The number of pyridine rings is 1. The van der Waals surface area contributed by atoms with Crippen LogP contribution in [0.15, 0.2) is 91.1 Å². The Kier molecular flexibility index (Phi) is 10.7. The van der Waals surface area contributed by atoms with Crippen LogP contribution in [0, 0.1) is 0 Å². The van der Waals surface area contributed by atoms with E-state index >= 15 is 0 Å². The van der Waals surface area contributed by atoms with Crippen molar-refractivity contribution in [2.75, 3.05) is 5.32 Å². The molecule has 45 heavy (non-hydrogen) atoms. The van der Waals surface area contributed by atoms with Crippen LogP contribution in [0.25, 0.3) is 0 Å². The number of hydrogen-bond donors (Lipinski definition) is 2. The smallest absolute Gasteiger partial charge is 0.428 e. The highest BCUT2D eigenvalue weighted by Gasteiger charge is 2.45. The minimum Gasteiger partial charge on any atom is -0.428 e. The Bertz CT molecular complexity index is 1610. The van der Waals surface area contributed by atoms with Gasteiger partial charge in [0, 0.05) is 28.1 Å². The largest absolute Gasteiger partial charge is 0.573 e. The molecule has 0 unspecified atom stereocenters. The fourth-order valence-corrected chi connectivity index (χ4v) is 4.97. The summed E-state index contributed by atoms with van der Waals surface area (Å²) in [5.74, 6) is -1.44. The average Bonchev–Trinajstić information content (AvgIpc) is 2.98. The summed E-state index contributed by atoms with van der Waals surface area (Å²) in [5, 5.41) is 4.96. The van der Waals surface area contributed by atoms with Crippen molar-refractivity contribution in [3.63, 3.8) is 0 Å². The zero-order valence-electron chi connectivity index (χ0n) is 22.7. The first kappa shape index (κ1) is 34.1. The number of amides is 2. The molecule has 0 aliphatic heterocycles. The number of carbonyl (C=O) groups excluding carboxylic acids is 1. The van der Waals surface area contributed by atoms with E-state index in [2.05, 4.69) is 47.7 Å². The highest BCUT2D eigenvalue weighted by molar-refractivity contribution is 14.1. The lowest BCUT2D eigenvalue weighted by molar-refractivity contribution is -0.274. The summed E-state index contributed by atoms with van der Waals surface area (Å²) in [6, 6.07) is 18.8. The maximum Gasteiger partial charge on any atom is 0.573 e. The first-order valence-electron chi connectivity index (χ1n) is 12.9. The molecule has 4 aromatic rings. The Morgan fingerprint density at radius 3 is 2.24 bits per heavy atom. The number of nitrogens with zero attached hydrogens (tertiary/aromatic N) is 1. The number of rotatable bonds is 11. The van der Waals surface area contributed by atoms with Crippen molar-refractivity contribution in [1.29, 1.82) is 0 Å². The first-order chi connectivity index (χ1) is 21.2. The summed E-state index contributed by atoms with van der Waals surface area (Å²) in [5.41, 5.74) is -0.413. The van der Waals surface area contributed by atoms with Crippen LogP contribution in [0.4, 0.5) is 41.2 Å². The molecule has 0 saturated carbocycles. The van der Waals surface area contributed by atoms with Gasteiger partial charge in [-0.3, -0.25) is 4.98 Å². The number of benzene rings is 3. The molecule has 6 nitrogen and oxygen atoms in total. The van der Waals surface area contributed by atoms with Crippen LogP contribution in [0.2, 0.25) is 5.02 Å². The summed E-state index contributed by atoms with van der Waals surface area (Å²) in [4.78, 5) is 18.1. The number of halogens is 9. The van der Waals surface area contributed by atoms with Crippen molar-refractivity contribution in [1.82, 2.24) is 10.3 Å². The minimum absolute atomic E-state index is 0.0704. The molecule has 4 rings (SSSR count). The summed E-state index contributed by atoms with van der Waals surface area (Å²) in [6.45, 7) is 0. The van der Waals surface area contributed by atoms with Crippen molar-refractivity contribution in [2.45, 2.75) is 35.3 Å². The van der Waals surface area contributed by atoms with Gasteiger partial charge in [-0.25, -0.2) is 4.79 Å². The van der Waals surface area contributed by atoms with Crippen LogP contribution < -0.4 is 20.1 Å². The molecule has 2 N–H and O–H groups in total. The monoisotopic (exact) mass is 767 g/mol. The highest BCUT2D eigenvalue weighted by atomic mass is 127. The van der Waals surface area contributed by atoms with E-state index in [0.29, 0.717) is 9.99 Å². The maximum absolute atomic E-state index is 13.9.